The van der Waals surface area contributed by atoms with E-state index in [1.54, 1.807) is 4.90 Å². The molecular weight excluding hydrogens is 212 g/mol. The lowest BCUT2D eigenvalue weighted by atomic mass is 9.87. The van der Waals surface area contributed by atoms with E-state index in [-0.39, 0.29) is 5.91 Å². The van der Waals surface area contributed by atoms with Crippen molar-refractivity contribution in [2.24, 2.45) is 11.7 Å². The monoisotopic (exact) mass is 232 g/mol. The molecule has 0 radical (unpaired) electrons. The highest BCUT2D eigenvalue weighted by Gasteiger charge is 2.25. The smallest absolute Gasteiger partial charge is 0.231 e. The molecule has 0 fully saturated rings. The number of anilines is 1. The second-order valence-electron chi connectivity index (χ2n) is 5.10. The Bertz CT molecular complexity index is 440. The SMILES string of the molecule is CC(C)C(CN)c1ccc2c(c1)CC(=O)N2C. The first kappa shape index (κ1) is 12.1. The normalized spacial score (nSPS) is 16.5. The number of hydrogen-bond acceptors (Lipinski definition) is 2. The van der Waals surface area contributed by atoms with Crippen molar-refractivity contribution in [1.29, 1.82) is 0 Å². The van der Waals surface area contributed by atoms with Crippen molar-refractivity contribution in [2.45, 2.75) is 26.2 Å². The third-order valence-corrected chi connectivity index (χ3v) is 3.67. The number of amides is 1. The molecule has 0 saturated heterocycles. The van der Waals surface area contributed by atoms with Gasteiger partial charge in [0.2, 0.25) is 5.91 Å². The van der Waals surface area contributed by atoms with E-state index in [4.69, 9.17) is 5.73 Å². The second kappa shape index (κ2) is 4.49. The Morgan fingerprint density at radius 3 is 2.71 bits per heavy atom. The summed E-state index contributed by atoms with van der Waals surface area (Å²) in [4.78, 5) is 13.3. The minimum absolute atomic E-state index is 0.172. The minimum Gasteiger partial charge on any atom is -0.330 e. The average molecular weight is 232 g/mol. The van der Waals surface area contributed by atoms with Gasteiger partial charge < -0.3 is 10.6 Å². The van der Waals surface area contributed by atoms with Gasteiger partial charge in [0, 0.05) is 12.7 Å². The maximum absolute atomic E-state index is 11.6. The quantitative estimate of drug-likeness (QED) is 0.865. The van der Waals surface area contributed by atoms with Crippen LogP contribution in [0.15, 0.2) is 18.2 Å². The summed E-state index contributed by atoms with van der Waals surface area (Å²) < 4.78 is 0. The first-order chi connectivity index (χ1) is 8.04. The van der Waals surface area contributed by atoms with E-state index in [1.807, 2.05) is 13.1 Å². The molecule has 1 atom stereocenters. The summed E-state index contributed by atoms with van der Waals surface area (Å²) in [6.07, 6.45) is 0.523. The van der Waals surface area contributed by atoms with Gasteiger partial charge in [0.25, 0.3) is 0 Å². The van der Waals surface area contributed by atoms with Crippen molar-refractivity contribution in [3.63, 3.8) is 0 Å². The summed E-state index contributed by atoms with van der Waals surface area (Å²) in [5.41, 5.74) is 9.26. The fourth-order valence-electron chi connectivity index (χ4n) is 2.51. The van der Waals surface area contributed by atoms with Gasteiger partial charge in [-0.3, -0.25) is 4.79 Å². The number of nitrogens with two attached hydrogens (primary N) is 1. The number of benzene rings is 1. The molecule has 1 unspecified atom stereocenters. The van der Waals surface area contributed by atoms with Gasteiger partial charge in [0.1, 0.15) is 0 Å². The summed E-state index contributed by atoms with van der Waals surface area (Å²) in [5, 5.41) is 0. The Morgan fingerprint density at radius 1 is 1.41 bits per heavy atom. The van der Waals surface area contributed by atoms with Crippen LogP contribution in [0.1, 0.15) is 30.9 Å². The predicted octanol–water partition coefficient (Wildman–Crippen LogP) is 1.90. The number of rotatable bonds is 3. The van der Waals surface area contributed by atoms with Gasteiger partial charge >= 0.3 is 0 Å². The Labute approximate surface area is 103 Å². The van der Waals surface area contributed by atoms with E-state index in [0.29, 0.717) is 24.8 Å². The Kier molecular flexibility index (Phi) is 3.20. The molecule has 1 aliphatic heterocycles. The third kappa shape index (κ3) is 2.07. The Morgan fingerprint density at radius 2 is 2.12 bits per heavy atom. The second-order valence-corrected chi connectivity index (χ2v) is 5.10. The van der Waals surface area contributed by atoms with Crippen LogP contribution < -0.4 is 10.6 Å². The van der Waals surface area contributed by atoms with Crippen LogP contribution in [0.25, 0.3) is 0 Å². The number of fused-ring (bicyclic) bond motifs is 1. The average Bonchev–Trinajstić information content (AvgIpc) is 2.55. The largest absolute Gasteiger partial charge is 0.330 e. The molecule has 1 amide bonds. The number of carbonyl (C=O) groups is 1. The van der Waals surface area contributed by atoms with Crippen molar-refractivity contribution in [3.05, 3.63) is 29.3 Å². The number of nitrogens with zero attached hydrogens (tertiary/aromatic N) is 1. The zero-order valence-electron chi connectivity index (χ0n) is 10.7. The molecule has 1 heterocycles. The zero-order valence-corrected chi connectivity index (χ0v) is 10.7. The van der Waals surface area contributed by atoms with E-state index in [9.17, 15) is 4.79 Å². The minimum atomic E-state index is 0.172. The first-order valence-electron chi connectivity index (χ1n) is 6.14. The van der Waals surface area contributed by atoms with Gasteiger partial charge in [-0.1, -0.05) is 26.0 Å². The molecule has 92 valence electrons. The van der Waals surface area contributed by atoms with Gasteiger partial charge in [-0.2, -0.15) is 0 Å². The van der Waals surface area contributed by atoms with E-state index < -0.39 is 0 Å². The van der Waals surface area contributed by atoms with Gasteiger partial charge in [-0.25, -0.2) is 0 Å². The van der Waals surface area contributed by atoms with Gasteiger partial charge in [0.15, 0.2) is 0 Å². The third-order valence-electron chi connectivity index (χ3n) is 3.67. The lowest BCUT2D eigenvalue weighted by Crippen LogP contribution is -2.20. The van der Waals surface area contributed by atoms with Crippen LogP contribution in [0.2, 0.25) is 0 Å². The molecule has 0 aliphatic carbocycles. The lowest BCUT2D eigenvalue weighted by Gasteiger charge is -2.20. The van der Waals surface area contributed by atoms with Crippen LogP contribution >= 0.6 is 0 Å². The molecule has 0 spiro atoms. The van der Waals surface area contributed by atoms with E-state index >= 15 is 0 Å². The molecule has 2 rings (SSSR count). The molecule has 0 aromatic heterocycles. The first-order valence-corrected chi connectivity index (χ1v) is 6.14. The summed E-state index contributed by atoms with van der Waals surface area (Å²) in [6.45, 7) is 5.02. The highest BCUT2D eigenvalue weighted by atomic mass is 16.2. The summed E-state index contributed by atoms with van der Waals surface area (Å²) in [5.74, 6) is 1.07. The van der Waals surface area contributed by atoms with Gasteiger partial charge in [-0.05, 0) is 35.6 Å². The molecule has 0 saturated carbocycles. The van der Waals surface area contributed by atoms with Crippen LogP contribution in [0.5, 0.6) is 0 Å². The standard InChI is InChI=1S/C14H20N2O/c1-9(2)12(8-15)10-4-5-13-11(6-10)7-14(17)16(13)3/h4-6,9,12H,7-8,15H2,1-3H3. The number of carbonyl (C=O) groups excluding carboxylic acids is 1. The van der Waals surface area contributed by atoms with Crippen LogP contribution in [0.3, 0.4) is 0 Å². The maximum atomic E-state index is 11.6. The fraction of sp³-hybridized carbons (Fsp3) is 0.500. The van der Waals surface area contributed by atoms with Crippen LogP contribution in [0.4, 0.5) is 5.69 Å². The molecule has 1 aromatic carbocycles. The molecule has 1 aromatic rings. The number of hydrogen-bond donors (Lipinski definition) is 1. The molecule has 3 nitrogen and oxygen atoms in total. The van der Waals surface area contributed by atoms with Crippen molar-refractivity contribution in [3.8, 4) is 0 Å². The van der Waals surface area contributed by atoms with E-state index in [2.05, 4.69) is 26.0 Å². The van der Waals surface area contributed by atoms with Gasteiger partial charge in [-0.15, -0.1) is 0 Å². The van der Waals surface area contributed by atoms with Crippen molar-refractivity contribution >= 4 is 11.6 Å². The Balaban J connectivity index is 2.35. The predicted molar refractivity (Wildman–Crippen MR) is 70.2 cm³/mol. The summed E-state index contributed by atoms with van der Waals surface area (Å²) >= 11 is 0. The molecule has 0 bridgehead atoms. The van der Waals surface area contributed by atoms with Crippen molar-refractivity contribution in [2.75, 3.05) is 18.5 Å². The molecular formula is C14H20N2O. The molecule has 3 heteroatoms. The molecule has 2 N–H and O–H groups in total. The van der Waals surface area contributed by atoms with E-state index in [1.165, 1.54) is 5.56 Å². The Hall–Kier alpha value is -1.35. The highest BCUT2D eigenvalue weighted by Crippen LogP contribution is 2.32. The lowest BCUT2D eigenvalue weighted by molar-refractivity contribution is -0.117. The van der Waals surface area contributed by atoms with Crippen molar-refractivity contribution < 1.29 is 4.79 Å². The van der Waals surface area contributed by atoms with E-state index in [0.717, 1.165) is 11.3 Å². The molecule has 17 heavy (non-hydrogen) atoms. The van der Waals surface area contributed by atoms with Crippen molar-refractivity contribution in [1.82, 2.24) is 0 Å². The fourth-order valence-corrected chi connectivity index (χ4v) is 2.51. The van der Waals surface area contributed by atoms with Crippen LogP contribution in [-0.2, 0) is 11.2 Å². The highest BCUT2D eigenvalue weighted by molar-refractivity contribution is 6.00. The summed E-state index contributed by atoms with van der Waals surface area (Å²) in [7, 11) is 1.83. The maximum Gasteiger partial charge on any atom is 0.231 e. The van der Waals surface area contributed by atoms with Crippen LogP contribution in [-0.4, -0.2) is 19.5 Å². The van der Waals surface area contributed by atoms with Gasteiger partial charge in [0.05, 0.1) is 6.42 Å². The summed E-state index contributed by atoms with van der Waals surface area (Å²) in [6, 6.07) is 6.29. The number of likely N-dealkylation sites (N-methyl/N-ethyl adjacent to an activating group) is 1. The topological polar surface area (TPSA) is 46.3 Å². The van der Waals surface area contributed by atoms with Crippen LogP contribution in [0, 0.1) is 5.92 Å². The molecule has 1 aliphatic rings. The zero-order chi connectivity index (χ0) is 12.6.